The Morgan fingerprint density at radius 3 is 2.24 bits per heavy atom. The highest BCUT2D eigenvalue weighted by Crippen LogP contribution is 2.30. The van der Waals surface area contributed by atoms with Crippen LogP contribution in [0.5, 0.6) is 5.88 Å². The molecule has 134 valence electrons. The van der Waals surface area contributed by atoms with Crippen molar-refractivity contribution in [3.63, 3.8) is 0 Å². The molecule has 0 atom stereocenters. The highest BCUT2D eigenvalue weighted by molar-refractivity contribution is 7.89. The van der Waals surface area contributed by atoms with Crippen LogP contribution in [0.4, 0.5) is 17.6 Å². The van der Waals surface area contributed by atoms with E-state index in [0.717, 1.165) is 40.7 Å². The van der Waals surface area contributed by atoms with Gasteiger partial charge in [-0.3, -0.25) is 0 Å². The number of benzene rings is 1. The summed E-state index contributed by atoms with van der Waals surface area (Å²) in [4.78, 5) is 3.53. The minimum atomic E-state index is -4.48. The summed E-state index contributed by atoms with van der Waals surface area (Å²) in [7, 11) is -3.75. The molecule has 0 radical (unpaired) electrons. The van der Waals surface area contributed by atoms with E-state index in [1.165, 1.54) is 0 Å². The van der Waals surface area contributed by atoms with E-state index < -0.39 is 33.7 Å². The van der Waals surface area contributed by atoms with Crippen LogP contribution in [0.1, 0.15) is 5.56 Å². The lowest BCUT2D eigenvalue weighted by Crippen LogP contribution is -2.56. The summed E-state index contributed by atoms with van der Waals surface area (Å²) < 4.78 is 81.3. The number of aromatic nitrogens is 1. The Hall–Kier alpha value is -2.20. The fourth-order valence-corrected chi connectivity index (χ4v) is 3.72. The van der Waals surface area contributed by atoms with Gasteiger partial charge >= 0.3 is 6.18 Å². The third kappa shape index (κ3) is 3.74. The fourth-order valence-electron chi connectivity index (χ4n) is 2.22. The van der Waals surface area contributed by atoms with E-state index in [1.54, 1.807) is 0 Å². The molecule has 1 aromatic heterocycles. The highest BCUT2D eigenvalue weighted by atomic mass is 32.2. The average molecular weight is 376 g/mol. The minimum absolute atomic E-state index is 0.0168. The van der Waals surface area contributed by atoms with Crippen LogP contribution in [0.15, 0.2) is 47.5 Å². The Labute approximate surface area is 140 Å². The molecule has 10 heteroatoms. The van der Waals surface area contributed by atoms with Gasteiger partial charge in [0.2, 0.25) is 15.9 Å². The lowest BCUT2D eigenvalue weighted by atomic mass is 10.2. The van der Waals surface area contributed by atoms with Gasteiger partial charge in [-0.2, -0.15) is 17.5 Å². The summed E-state index contributed by atoms with van der Waals surface area (Å²) >= 11 is 0. The van der Waals surface area contributed by atoms with E-state index in [2.05, 4.69) is 4.98 Å². The number of hydrogen-bond acceptors (Lipinski definition) is 4. The number of sulfonamides is 1. The lowest BCUT2D eigenvalue weighted by molar-refractivity contribution is -0.137. The molecule has 0 amide bonds. The van der Waals surface area contributed by atoms with Crippen molar-refractivity contribution in [3.8, 4) is 5.88 Å². The van der Waals surface area contributed by atoms with E-state index in [4.69, 9.17) is 4.74 Å². The molecule has 0 spiro atoms. The molecule has 5 nitrogen and oxygen atoms in total. The van der Waals surface area contributed by atoms with Crippen molar-refractivity contribution in [3.05, 3.63) is 54.0 Å². The summed E-state index contributed by atoms with van der Waals surface area (Å²) in [5.41, 5.74) is -0.894. The molecular weight excluding hydrogens is 364 g/mol. The van der Waals surface area contributed by atoms with Crippen LogP contribution in [-0.4, -0.2) is 36.9 Å². The topological polar surface area (TPSA) is 59.5 Å². The number of alkyl halides is 3. The smallest absolute Gasteiger partial charge is 0.417 e. The van der Waals surface area contributed by atoms with Crippen LogP contribution < -0.4 is 4.74 Å². The molecule has 3 rings (SSSR count). The van der Waals surface area contributed by atoms with E-state index in [0.29, 0.717) is 6.20 Å². The van der Waals surface area contributed by atoms with Crippen molar-refractivity contribution in [2.45, 2.75) is 17.2 Å². The van der Waals surface area contributed by atoms with Crippen LogP contribution in [0, 0.1) is 5.82 Å². The molecule has 1 aliphatic rings. The van der Waals surface area contributed by atoms with Crippen LogP contribution in [-0.2, 0) is 16.2 Å². The molecule has 2 heterocycles. The maximum atomic E-state index is 12.9. The first-order valence-corrected chi connectivity index (χ1v) is 8.56. The lowest BCUT2D eigenvalue weighted by Gasteiger charge is -2.37. The Bertz CT molecular complexity index is 846. The predicted molar refractivity (Wildman–Crippen MR) is 78.8 cm³/mol. The number of nitrogens with zero attached hydrogens (tertiary/aromatic N) is 2. The zero-order chi connectivity index (χ0) is 18.2. The summed E-state index contributed by atoms with van der Waals surface area (Å²) in [6.07, 6.45) is -4.34. The van der Waals surface area contributed by atoms with E-state index >= 15 is 0 Å². The normalized spacial score (nSPS) is 16.5. The first kappa shape index (κ1) is 17.6. The van der Waals surface area contributed by atoms with Gasteiger partial charge in [-0.15, -0.1) is 0 Å². The minimum Gasteiger partial charge on any atom is -0.472 e. The van der Waals surface area contributed by atoms with Gasteiger partial charge in [0, 0.05) is 12.3 Å². The predicted octanol–water partition coefficient (Wildman–Crippen LogP) is 2.69. The van der Waals surface area contributed by atoms with Gasteiger partial charge in [-0.25, -0.2) is 17.8 Å². The van der Waals surface area contributed by atoms with Gasteiger partial charge < -0.3 is 4.74 Å². The van der Waals surface area contributed by atoms with Crippen molar-refractivity contribution in [2.75, 3.05) is 13.1 Å². The molecule has 2 aromatic rings. The molecule has 0 unspecified atom stereocenters. The summed E-state index contributed by atoms with van der Waals surface area (Å²) in [5, 5.41) is 0. The molecular formula is C15H12F4N2O3S. The average Bonchev–Trinajstić information content (AvgIpc) is 2.50. The molecule has 1 fully saturated rings. The van der Waals surface area contributed by atoms with Gasteiger partial charge in [0.1, 0.15) is 11.9 Å². The van der Waals surface area contributed by atoms with Crippen molar-refractivity contribution in [2.24, 2.45) is 0 Å². The van der Waals surface area contributed by atoms with Crippen molar-refractivity contribution >= 4 is 10.0 Å². The van der Waals surface area contributed by atoms with Crippen molar-refractivity contribution in [1.82, 2.24) is 9.29 Å². The van der Waals surface area contributed by atoms with Crippen LogP contribution in [0.3, 0.4) is 0 Å². The molecule has 0 N–H and O–H groups in total. The second-order valence-corrected chi connectivity index (χ2v) is 7.34. The second kappa shape index (κ2) is 6.26. The summed E-state index contributed by atoms with van der Waals surface area (Å²) in [6.45, 7) is 0.0603. The largest absolute Gasteiger partial charge is 0.472 e. The van der Waals surface area contributed by atoms with E-state index in [1.807, 2.05) is 0 Å². The van der Waals surface area contributed by atoms with E-state index in [9.17, 15) is 26.0 Å². The Balaban J connectivity index is 1.60. The van der Waals surface area contributed by atoms with Gasteiger partial charge in [-0.1, -0.05) is 0 Å². The zero-order valence-electron chi connectivity index (χ0n) is 12.6. The Kier molecular flexibility index (Phi) is 4.41. The Morgan fingerprint density at radius 1 is 1.08 bits per heavy atom. The number of halogens is 4. The Morgan fingerprint density at radius 2 is 1.72 bits per heavy atom. The van der Waals surface area contributed by atoms with E-state index in [-0.39, 0.29) is 23.9 Å². The first-order chi connectivity index (χ1) is 11.7. The fraction of sp³-hybridized carbons (Fsp3) is 0.267. The van der Waals surface area contributed by atoms with Crippen LogP contribution in [0.2, 0.25) is 0 Å². The van der Waals surface area contributed by atoms with Crippen LogP contribution in [0.25, 0.3) is 0 Å². The SMILES string of the molecule is O=S(=O)(c1ccc(F)cc1)N1CC(Oc2ccc(C(F)(F)F)cn2)C1. The zero-order valence-corrected chi connectivity index (χ0v) is 13.4. The quantitative estimate of drug-likeness (QED) is 0.770. The van der Waals surface area contributed by atoms with Crippen LogP contribution >= 0.6 is 0 Å². The number of ether oxygens (including phenoxy) is 1. The monoisotopic (exact) mass is 376 g/mol. The molecule has 0 saturated carbocycles. The third-order valence-electron chi connectivity index (χ3n) is 3.62. The first-order valence-electron chi connectivity index (χ1n) is 7.12. The van der Waals surface area contributed by atoms with Gasteiger partial charge in [0.25, 0.3) is 0 Å². The maximum Gasteiger partial charge on any atom is 0.417 e. The van der Waals surface area contributed by atoms with Gasteiger partial charge in [0.05, 0.1) is 23.5 Å². The van der Waals surface area contributed by atoms with Gasteiger partial charge in [0.15, 0.2) is 0 Å². The molecule has 0 bridgehead atoms. The third-order valence-corrected chi connectivity index (χ3v) is 5.46. The number of pyridine rings is 1. The molecule has 1 aromatic carbocycles. The highest BCUT2D eigenvalue weighted by Gasteiger charge is 2.38. The number of rotatable bonds is 4. The second-order valence-electron chi connectivity index (χ2n) is 5.40. The summed E-state index contributed by atoms with van der Waals surface area (Å²) in [6, 6.07) is 6.35. The standard InChI is InChI=1S/C15H12F4N2O3S/c16-11-2-4-13(5-3-11)25(22,23)21-8-12(9-21)24-14-6-1-10(7-20-14)15(17,18)19/h1-7,12H,8-9H2. The van der Waals surface area contributed by atoms with Crippen molar-refractivity contribution in [1.29, 1.82) is 0 Å². The summed E-state index contributed by atoms with van der Waals surface area (Å²) in [5.74, 6) is -0.561. The maximum absolute atomic E-state index is 12.9. The molecule has 1 saturated heterocycles. The molecule has 1 aliphatic heterocycles. The molecule has 0 aliphatic carbocycles. The van der Waals surface area contributed by atoms with Crippen molar-refractivity contribution < 1.29 is 30.7 Å². The van der Waals surface area contributed by atoms with Gasteiger partial charge in [-0.05, 0) is 30.3 Å². The number of hydrogen-bond donors (Lipinski definition) is 0. The molecule has 25 heavy (non-hydrogen) atoms.